The van der Waals surface area contributed by atoms with Gasteiger partial charge < -0.3 is 18.1 Å². The molecule has 17 rings (SSSR count). The van der Waals surface area contributed by atoms with E-state index in [1.54, 1.807) is 0 Å². The summed E-state index contributed by atoms with van der Waals surface area (Å²) in [6.07, 6.45) is 0. The van der Waals surface area contributed by atoms with Crippen molar-refractivity contribution < 1.29 is 0 Å². The average Bonchev–Trinajstić information content (AvgIpc) is 4.29. The lowest BCUT2D eigenvalue weighted by atomic mass is 9.41. The first-order chi connectivity index (χ1) is 36.3. The lowest BCUT2D eigenvalue weighted by Gasteiger charge is -2.42. The second-order valence-electron chi connectivity index (χ2n) is 27.3. The largest absolute Gasteiger partial charge is 0.375 e. The minimum Gasteiger partial charge on any atom is -0.375 e. The van der Waals surface area contributed by atoms with E-state index in [1.165, 1.54) is 165 Å². The Balaban J connectivity index is 1.20. The van der Waals surface area contributed by atoms with Crippen molar-refractivity contribution in [3.8, 4) is 33.6 Å². The third kappa shape index (κ3) is 5.06. The molecule has 0 atom stereocenters. The Labute approximate surface area is 444 Å². The van der Waals surface area contributed by atoms with Crippen LogP contribution < -0.4 is 21.9 Å². The smallest absolute Gasteiger partial charge is 0.333 e. The highest BCUT2D eigenvalue weighted by Crippen LogP contribution is 2.54. The Morgan fingerprint density at radius 2 is 0.671 bits per heavy atom. The molecular weight excluding hydrogens is 918 g/mol. The lowest BCUT2D eigenvalue weighted by Crippen LogP contribution is -2.60. The van der Waals surface area contributed by atoms with Gasteiger partial charge in [-0.05, 0) is 126 Å². The monoisotopic (exact) mass is 979 g/mol. The molecule has 4 aliphatic rings. The molecule has 9 aromatic carbocycles. The van der Waals surface area contributed by atoms with Crippen LogP contribution in [-0.4, -0.2) is 31.8 Å². The zero-order valence-corrected chi connectivity index (χ0v) is 45.8. The fourth-order valence-corrected chi connectivity index (χ4v) is 15.2. The molecular formula is C70H60B2N4. The van der Waals surface area contributed by atoms with E-state index >= 15 is 0 Å². The molecule has 0 radical (unpaired) electrons. The maximum Gasteiger partial charge on any atom is 0.333 e. The molecule has 0 saturated heterocycles. The normalized spacial score (nSPS) is 14.5. The fraction of sp³-hybridized carbons (Fsp3) is 0.229. The molecule has 0 saturated carbocycles. The van der Waals surface area contributed by atoms with Gasteiger partial charge in [-0.15, -0.1) is 0 Å². The number of rotatable bonds is 0. The van der Waals surface area contributed by atoms with Gasteiger partial charge in [0.05, 0.1) is 33.4 Å². The van der Waals surface area contributed by atoms with Crippen LogP contribution in [0.2, 0.25) is 0 Å². The van der Waals surface area contributed by atoms with E-state index < -0.39 is 0 Å². The summed E-state index contributed by atoms with van der Waals surface area (Å²) in [7, 11) is 0. The molecule has 0 fully saturated rings. The molecule has 366 valence electrons. The highest BCUT2D eigenvalue weighted by atomic mass is 15.1. The molecule has 0 bridgehead atoms. The van der Waals surface area contributed by atoms with Crippen molar-refractivity contribution in [3.63, 3.8) is 0 Å². The van der Waals surface area contributed by atoms with Gasteiger partial charge in [0.15, 0.2) is 0 Å². The standard InChI is InChI=1S/C70H60B2N4/c1-67(2,3)37-27-29-55-45(31-37)47-33-39(69(7,8)9)35-49-57-59-66(73-53-25-15-13-19-41(53)43-21-17-23-51(63(43)73)71(59)75(55)61(47)49)58-50-36-40(70(10,11)12)34-48-46-32-38(68(4,5)6)28-30-56(46)76(62(48)50)72-52-24-18-22-44-42-20-14-16-26-54(42)74(64(44)52)65(57)60(58)72/h13-36H,1-12H3. The highest BCUT2D eigenvalue weighted by Gasteiger charge is 2.51. The Morgan fingerprint density at radius 1 is 0.303 bits per heavy atom. The van der Waals surface area contributed by atoms with E-state index in [4.69, 9.17) is 0 Å². The van der Waals surface area contributed by atoms with E-state index in [2.05, 4.69) is 247 Å². The summed E-state index contributed by atoms with van der Waals surface area (Å²) >= 11 is 0. The van der Waals surface area contributed by atoms with Crippen molar-refractivity contribution >= 4 is 123 Å². The van der Waals surface area contributed by atoms with E-state index in [-0.39, 0.29) is 35.4 Å². The second kappa shape index (κ2) is 13.5. The maximum atomic E-state index is 2.81. The van der Waals surface area contributed by atoms with Gasteiger partial charge >= 0.3 is 13.7 Å². The quantitative estimate of drug-likeness (QED) is 0.135. The average molecular weight is 979 g/mol. The third-order valence-corrected chi connectivity index (χ3v) is 18.9. The lowest BCUT2D eigenvalue weighted by molar-refractivity contribution is 0.590. The number of hydrogen-bond acceptors (Lipinski definition) is 0. The first kappa shape index (κ1) is 43.5. The van der Waals surface area contributed by atoms with Gasteiger partial charge in [-0.3, -0.25) is 0 Å². The van der Waals surface area contributed by atoms with E-state index in [9.17, 15) is 0 Å². The van der Waals surface area contributed by atoms with Crippen LogP contribution in [0.25, 0.3) is 121 Å². The number of aromatic nitrogens is 4. The Hall–Kier alpha value is -7.69. The first-order valence-electron chi connectivity index (χ1n) is 27.8. The van der Waals surface area contributed by atoms with Gasteiger partial charge in [-0.2, -0.15) is 0 Å². The molecule has 0 spiro atoms. The Bertz CT molecular complexity index is 4610. The predicted molar refractivity (Wildman–Crippen MR) is 328 cm³/mol. The van der Waals surface area contributed by atoms with Crippen LogP contribution in [-0.2, 0) is 21.7 Å². The van der Waals surface area contributed by atoms with Crippen LogP contribution in [0.15, 0.2) is 146 Å². The van der Waals surface area contributed by atoms with Crippen LogP contribution in [0, 0.1) is 0 Å². The third-order valence-electron chi connectivity index (χ3n) is 18.9. The number of benzene rings is 9. The van der Waals surface area contributed by atoms with E-state index in [1.807, 2.05) is 0 Å². The van der Waals surface area contributed by atoms with Gasteiger partial charge in [-0.25, -0.2) is 0 Å². The number of para-hydroxylation sites is 4. The van der Waals surface area contributed by atoms with Crippen LogP contribution in [0.1, 0.15) is 105 Å². The zero-order chi connectivity index (χ0) is 51.8. The summed E-state index contributed by atoms with van der Waals surface area (Å²) in [5.74, 6) is 0. The highest BCUT2D eigenvalue weighted by molar-refractivity contribution is 6.93. The van der Waals surface area contributed by atoms with Crippen molar-refractivity contribution in [1.29, 1.82) is 0 Å². The minimum atomic E-state index is -0.120. The Morgan fingerprint density at radius 3 is 1.07 bits per heavy atom. The Kier molecular flexibility index (Phi) is 7.71. The summed E-state index contributed by atoms with van der Waals surface area (Å²) in [5, 5.41) is 10.6. The summed E-state index contributed by atoms with van der Waals surface area (Å²) in [5.41, 5.74) is 29.3. The molecule has 4 aromatic heterocycles. The van der Waals surface area contributed by atoms with Crippen molar-refractivity contribution in [1.82, 2.24) is 18.1 Å². The fourth-order valence-electron chi connectivity index (χ4n) is 15.2. The van der Waals surface area contributed by atoms with Gasteiger partial charge in [0, 0.05) is 87.4 Å². The molecule has 76 heavy (non-hydrogen) atoms. The van der Waals surface area contributed by atoms with E-state index in [0.717, 1.165) is 0 Å². The molecule has 4 aliphatic heterocycles. The number of fused-ring (bicyclic) bond motifs is 22. The van der Waals surface area contributed by atoms with Gasteiger partial charge in [0.1, 0.15) is 0 Å². The molecule has 0 unspecified atom stereocenters. The topological polar surface area (TPSA) is 19.7 Å². The summed E-state index contributed by atoms with van der Waals surface area (Å²) in [4.78, 5) is 0. The van der Waals surface area contributed by atoms with Crippen LogP contribution in [0.3, 0.4) is 0 Å². The SMILES string of the molecule is CC(C)(C)c1ccc2c(c1)c1cc(C(C)(C)C)cc3c1n2B1c2c-3c3c4c(c2-n2c5ccccc5c5cccc1c52)-c1cc(C(C)(C)C)cc2c5cc(C(C)(C)C)ccc5n(c12)B4c1cccc2c4ccccc4n-3c12. The second-order valence-corrected chi connectivity index (χ2v) is 27.3. The van der Waals surface area contributed by atoms with E-state index in [0.29, 0.717) is 0 Å². The van der Waals surface area contributed by atoms with Crippen molar-refractivity contribution in [3.05, 3.63) is 168 Å². The molecule has 6 heteroatoms. The summed E-state index contributed by atoms with van der Waals surface area (Å²) in [6.45, 7) is 28.4. The minimum absolute atomic E-state index is 0.0187. The van der Waals surface area contributed by atoms with Crippen molar-refractivity contribution in [2.24, 2.45) is 0 Å². The van der Waals surface area contributed by atoms with Crippen molar-refractivity contribution in [2.45, 2.75) is 105 Å². The summed E-state index contributed by atoms with van der Waals surface area (Å²) in [6, 6.07) is 58.2. The molecule has 0 aliphatic carbocycles. The number of nitrogens with zero attached hydrogens (tertiary/aromatic N) is 4. The molecule has 0 N–H and O–H groups in total. The molecule has 0 amide bonds. The van der Waals surface area contributed by atoms with Gasteiger partial charge in [-0.1, -0.05) is 168 Å². The van der Waals surface area contributed by atoms with Gasteiger partial charge in [0.25, 0.3) is 0 Å². The van der Waals surface area contributed by atoms with Crippen LogP contribution >= 0.6 is 0 Å². The van der Waals surface area contributed by atoms with Crippen LogP contribution in [0.4, 0.5) is 0 Å². The molecule has 13 aromatic rings. The van der Waals surface area contributed by atoms with Gasteiger partial charge in [0.2, 0.25) is 0 Å². The predicted octanol–water partition coefficient (Wildman–Crippen LogP) is 15.2. The first-order valence-corrected chi connectivity index (χ1v) is 27.8. The van der Waals surface area contributed by atoms with Crippen LogP contribution in [0.5, 0.6) is 0 Å². The zero-order valence-electron chi connectivity index (χ0n) is 45.8. The maximum absolute atomic E-state index is 2.81. The van der Waals surface area contributed by atoms with Crippen molar-refractivity contribution in [2.75, 3.05) is 0 Å². The molecule has 8 heterocycles. The molecule has 4 nitrogen and oxygen atoms in total. The number of hydrogen-bond donors (Lipinski definition) is 0. The summed E-state index contributed by atoms with van der Waals surface area (Å²) < 4.78 is 11.1.